The van der Waals surface area contributed by atoms with Gasteiger partial charge < -0.3 is 15.8 Å². The lowest BCUT2D eigenvalue weighted by atomic mass is 10.1. The second-order valence-corrected chi connectivity index (χ2v) is 5.25. The third-order valence-electron chi connectivity index (χ3n) is 2.29. The highest BCUT2D eigenvalue weighted by Gasteiger charge is 2.21. The van der Waals surface area contributed by atoms with E-state index in [1.165, 1.54) is 0 Å². The zero-order valence-corrected chi connectivity index (χ0v) is 11.6. The summed E-state index contributed by atoms with van der Waals surface area (Å²) in [5.41, 5.74) is 4.79. The summed E-state index contributed by atoms with van der Waals surface area (Å²) in [6.45, 7) is 5.60. The number of amides is 1. The number of nitrogens with two attached hydrogens (primary N) is 1. The van der Waals surface area contributed by atoms with Gasteiger partial charge in [0, 0.05) is 5.02 Å². The Kier molecular flexibility index (Phi) is 4.99. The van der Waals surface area contributed by atoms with E-state index in [9.17, 15) is 4.79 Å². The number of carbonyl (C=O) groups excluding carboxylic acids is 1. The van der Waals surface area contributed by atoms with Crippen molar-refractivity contribution in [3.8, 4) is 5.75 Å². The number of rotatable bonds is 5. The molecule has 0 spiro atoms. The summed E-state index contributed by atoms with van der Waals surface area (Å²) in [6, 6.07) is 7.08. The summed E-state index contributed by atoms with van der Waals surface area (Å²) >= 11 is 5.77. The van der Waals surface area contributed by atoms with Gasteiger partial charge in [0.25, 0.3) is 0 Å². The number of halogens is 1. The van der Waals surface area contributed by atoms with Crippen LogP contribution in [0.25, 0.3) is 0 Å². The van der Waals surface area contributed by atoms with Gasteiger partial charge in [-0.3, -0.25) is 4.79 Å². The van der Waals surface area contributed by atoms with Crippen molar-refractivity contribution in [2.24, 2.45) is 5.73 Å². The highest BCUT2D eigenvalue weighted by molar-refractivity contribution is 6.30. The van der Waals surface area contributed by atoms with Crippen molar-refractivity contribution in [1.82, 2.24) is 5.32 Å². The molecule has 0 fully saturated rings. The quantitative estimate of drug-likeness (QED) is 0.860. The maximum Gasteiger partial charge on any atom is 0.239 e. The summed E-state index contributed by atoms with van der Waals surface area (Å²) in [4.78, 5) is 11.6. The standard InChI is InChI=1S/C13H19ClN2O2/c1-9(8-16-12(17)13(2,3)15)18-11-6-4-10(14)5-7-11/h4-7,9H,8,15H2,1-3H3,(H,16,17). The molecule has 18 heavy (non-hydrogen) atoms. The topological polar surface area (TPSA) is 64.4 Å². The van der Waals surface area contributed by atoms with Gasteiger partial charge in [-0.15, -0.1) is 0 Å². The lowest BCUT2D eigenvalue weighted by Crippen LogP contribution is -2.50. The van der Waals surface area contributed by atoms with Crippen molar-refractivity contribution in [1.29, 1.82) is 0 Å². The van der Waals surface area contributed by atoms with Crippen LogP contribution in [0.4, 0.5) is 0 Å². The number of nitrogens with one attached hydrogen (secondary N) is 1. The molecule has 3 N–H and O–H groups in total. The van der Waals surface area contributed by atoms with Crippen molar-refractivity contribution in [2.75, 3.05) is 6.54 Å². The minimum absolute atomic E-state index is 0.141. The van der Waals surface area contributed by atoms with E-state index in [0.717, 1.165) is 0 Å². The molecule has 0 heterocycles. The van der Waals surface area contributed by atoms with Gasteiger partial charge in [0.15, 0.2) is 0 Å². The zero-order chi connectivity index (χ0) is 13.8. The van der Waals surface area contributed by atoms with Crippen LogP contribution >= 0.6 is 11.6 Å². The first kappa shape index (κ1) is 14.8. The predicted octanol–water partition coefficient (Wildman–Crippen LogP) is 1.96. The third kappa shape index (κ3) is 4.94. The molecule has 1 unspecified atom stereocenters. The molecule has 1 amide bonds. The molecule has 0 aliphatic carbocycles. The second-order valence-electron chi connectivity index (χ2n) is 4.81. The second kappa shape index (κ2) is 6.07. The third-order valence-corrected chi connectivity index (χ3v) is 2.54. The lowest BCUT2D eigenvalue weighted by molar-refractivity contribution is -0.125. The molecule has 0 aromatic heterocycles. The molecule has 0 aliphatic heterocycles. The van der Waals surface area contributed by atoms with Crippen molar-refractivity contribution in [3.05, 3.63) is 29.3 Å². The van der Waals surface area contributed by atoms with Crippen LogP contribution in [0.5, 0.6) is 5.75 Å². The minimum Gasteiger partial charge on any atom is -0.489 e. The van der Waals surface area contributed by atoms with Crippen molar-refractivity contribution >= 4 is 17.5 Å². The van der Waals surface area contributed by atoms with Crippen LogP contribution in [0.2, 0.25) is 5.02 Å². The fourth-order valence-electron chi connectivity index (χ4n) is 1.25. The average molecular weight is 271 g/mol. The molecule has 1 aromatic carbocycles. The Morgan fingerprint density at radius 3 is 2.50 bits per heavy atom. The Balaban J connectivity index is 2.40. The Morgan fingerprint density at radius 1 is 1.44 bits per heavy atom. The molecule has 0 aliphatic rings. The van der Waals surface area contributed by atoms with E-state index >= 15 is 0 Å². The Labute approximate surface area is 112 Å². The molecule has 4 nitrogen and oxygen atoms in total. The molecule has 0 saturated heterocycles. The minimum atomic E-state index is -0.875. The van der Waals surface area contributed by atoms with Crippen LogP contribution < -0.4 is 15.8 Å². The van der Waals surface area contributed by atoms with E-state index in [-0.39, 0.29) is 12.0 Å². The van der Waals surface area contributed by atoms with E-state index in [1.54, 1.807) is 38.1 Å². The number of benzene rings is 1. The lowest BCUT2D eigenvalue weighted by Gasteiger charge is -2.20. The normalized spacial score (nSPS) is 12.9. The van der Waals surface area contributed by atoms with Crippen LogP contribution in [0, 0.1) is 0 Å². The van der Waals surface area contributed by atoms with Crippen LogP contribution in [0.1, 0.15) is 20.8 Å². The average Bonchev–Trinajstić information content (AvgIpc) is 2.28. The van der Waals surface area contributed by atoms with Crippen LogP contribution in [0.15, 0.2) is 24.3 Å². The number of hydrogen-bond acceptors (Lipinski definition) is 3. The van der Waals surface area contributed by atoms with Crippen molar-refractivity contribution in [2.45, 2.75) is 32.4 Å². The monoisotopic (exact) mass is 270 g/mol. The fourth-order valence-corrected chi connectivity index (χ4v) is 1.38. The molecule has 1 aromatic rings. The molecular formula is C13H19ClN2O2. The number of ether oxygens (including phenoxy) is 1. The molecule has 100 valence electrons. The first-order valence-corrected chi connectivity index (χ1v) is 6.16. The molecule has 0 bridgehead atoms. The zero-order valence-electron chi connectivity index (χ0n) is 10.9. The molecule has 5 heteroatoms. The summed E-state index contributed by atoms with van der Waals surface area (Å²) in [7, 11) is 0. The van der Waals surface area contributed by atoms with E-state index in [4.69, 9.17) is 22.1 Å². The smallest absolute Gasteiger partial charge is 0.239 e. The van der Waals surface area contributed by atoms with E-state index in [1.807, 2.05) is 6.92 Å². The SMILES string of the molecule is CC(CNC(=O)C(C)(C)N)Oc1ccc(Cl)cc1. The van der Waals surface area contributed by atoms with Crippen LogP contribution in [-0.2, 0) is 4.79 Å². The van der Waals surface area contributed by atoms with Gasteiger partial charge in [0.1, 0.15) is 11.9 Å². The van der Waals surface area contributed by atoms with Gasteiger partial charge in [-0.05, 0) is 45.0 Å². The molecular weight excluding hydrogens is 252 g/mol. The molecule has 0 saturated carbocycles. The van der Waals surface area contributed by atoms with E-state index in [2.05, 4.69) is 5.32 Å². The summed E-state index contributed by atoms with van der Waals surface area (Å²) < 4.78 is 5.62. The largest absolute Gasteiger partial charge is 0.489 e. The molecule has 1 atom stereocenters. The fraction of sp³-hybridized carbons (Fsp3) is 0.462. The van der Waals surface area contributed by atoms with Crippen molar-refractivity contribution in [3.63, 3.8) is 0 Å². The Hall–Kier alpha value is -1.26. The Morgan fingerprint density at radius 2 is 2.00 bits per heavy atom. The maximum atomic E-state index is 11.6. The predicted molar refractivity (Wildman–Crippen MR) is 72.8 cm³/mol. The highest BCUT2D eigenvalue weighted by Crippen LogP contribution is 2.16. The Bertz CT molecular complexity index is 398. The van der Waals surface area contributed by atoms with Crippen LogP contribution in [-0.4, -0.2) is 24.1 Å². The summed E-state index contributed by atoms with van der Waals surface area (Å²) in [5.74, 6) is 0.516. The number of hydrogen-bond donors (Lipinski definition) is 2. The van der Waals surface area contributed by atoms with Crippen LogP contribution in [0.3, 0.4) is 0 Å². The number of carbonyl (C=O) groups is 1. The molecule has 0 radical (unpaired) electrons. The van der Waals surface area contributed by atoms with Gasteiger partial charge >= 0.3 is 0 Å². The summed E-state index contributed by atoms with van der Waals surface area (Å²) in [5, 5.41) is 3.40. The van der Waals surface area contributed by atoms with E-state index < -0.39 is 5.54 Å². The van der Waals surface area contributed by atoms with Gasteiger partial charge in [-0.1, -0.05) is 11.6 Å². The van der Waals surface area contributed by atoms with Gasteiger partial charge in [-0.25, -0.2) is 0 Å². The molecule has 1 rings (SSSR count). The first-order valence-electron chi connectivity index (χ1n) is 5.78. The first-order chi connectivity index (χ1) is 8.29. The van der Waals surface area contributed by atoms with Gasteiger partial charge in [-0.2, -0.15) is 0 Å². The van der Waals surface area contributed by atoms with Gasteiger partial charge in [0.2, 0.25) is 5.91 Å². The summed E-state index contributed by atoms with van der Waals surface area (Å²) in [6.07, 6.45) is -0.141. The van der Waals surface area contributed by atoms with E-state index in [0.29, 0.717) is 17.3 Å². The maximum absolute atomic E-state index is 11.6. The highest BCUT2D eigenvalue weighted by atomic mass is 35.5. The van der Waals surface area contributed by atoms with Crippen molar-refractivity contribution < 1.29 is 9.53 Å². The van der Waals surface area contributed by atoms with Gasteiger partial charge in [0.05, 0.1) is 12.1 Å².